The molecular weight excluding hydrogens is 238 g/mol. The molecule has 2 heterocycles. The van der Waals surface area contributed by atoms with Gasteiger partial charge in [0.15, 0.2) is 5.82 Å². The van der Waals surface area contributed by atoms with Gasteiger partial charge < -0.3 is 5.32 Å². The molecule has 1 N–H and O–H groups in total. The fourth-order valence-corrected chi connectivity index (χ4v) is 2.33. The summed E-state index contributed by atoms with van der Waals surface area (Å²) in [6.07, 6.45) is 9.97. The Morgan fingerprint density at radius 1 is 1.21 bits per heavy atom. The van der Waals surface area contributed by atoms with Crippen LogP contribution in [0.15, 0.2) is 30.6 Å². The van der Waals surface area contributed by atoms with Crippen LogP contribution in [0.25, 0.3) is 5.82 Å². The third-order valence-electron chi connectivity index (χ3n) is 3.21. The Hall–Kier alpha value is -2.17. The second kappa shape index (κ2) is 4.84. The Bertz CT molecular complexity index is 606. The average molecular weight is 255 g/mol. The summed E-state index contributed by atoms with van der Waals surface area (Å²) < 4.78 is 1.82. The fraction of sp³-hybridized carbons (Fsp3) is 0.357. The Labute approximate surface area is 112 Å². The van der Waals surface area contributed by atoms with Crippen molar-refractivity contribution in [3.63, 3.8) is 0 Å². The molecule has 0 bridgehead atoms. The molecule has 1 aliphatic rings. The first-order valence-corrected chi connectivity index (χ1v) is 6.49. The van der Waals surface area contributed by atoms with Crippen LogP contribution in [0.2, 0.25) is 0 Å². The normalized spacial score (nSPS) is 15.1. The van der Waals surface area contributed by atoms with Gasteiger partial charge in [0, 0.05) is 11.7 Å². The molecular formula is C14H17N5. The second-order valence-electron chi connectivity index (χ2n) is 4.89. The van der Waals surface area contributed by atoms with Gasteiger partial charge in [-0.3, -0.25) is 4.98 Å². The number of nitrogens with one attached hydrogen (secondary N) is 1. The van der Waals surface area contributed by atoms with Crippen molar-refractivity contribution in [1.82, 2.24) is 19.7 Å². The lowest BCUT2D eigenvalue weighted by Gasteiger charge is -2.13. The highest BCUT2D eigenvalue weighted by Crippen LogP contribution is 2.16. The van der Waals surface area contributed by atoms with E-state index in [1.54, 1.807) is 12.4 Å². The smallest absolute Gasteiger partial charge is 0.174 e. The maximum Gasteiger partial charge on any atom is 0.174 e. The molecule has 0 aromatic carbocycles. The molecule has 0 aliphatic heterocycles. The first-order valence-electron chi connectivity index (χ1n) is 6.49. The van der Waals surface area contributed by atoms with Crippen molar-refractivity contribution in [2.75, 3.05) is 5.32 Å². The van der Waals surface area contributed by atoms with Crippen molar-refractivity contribution in [3.05, 3.63) is 42.0 Å². The summed E-state index contributed by atoms with van der Waals surface area (Å²) in [4.78, 5) is 8.83. The monoisotopic (exact) mass is 255 g/mol. The summed E-state index contributed by atoms with van der Waals surface area (Å²) in [6, 6.07) is 2.47. The standard InChI is InChI=1S/C14H17N5/c1-10-7-11(2)19(18-10)14-9-15-8-13(17-14)16-12-5-3-4-6-12/h3-4,7-9,12H,5-6H2,1-2H3,(H,16,17). The van der Waals surface area contributed by atoms with Gasteiger partial charge >= 0.3 is 0 Å². The van der Waals surface area contributed by atoms with Crippen LogP contribution in [0.3, 0.4) is 0 Å². The number of nitrogens with zero attached hydrogens (tertiary/aromatic N) is 4. The second-order valence-corrected chi connectivity index (χ2v) is 4.89. The molecule has 1 aliphatic carbocycles. The summed E-state index contributed by atoms with van der Waals surface area (Å²) in [6.45, 7) is 3.99. The van der Waals surface area contributed by atoms with Crippen LogP contribution in [0.4, 0.5) is 5.82 Å². The third-order valence-corrected chi connectivity index (χ3v) is 3.21. The highest BCUT2D eigenvalue weighted by Gasteiger charge is 2.12. The van der Waals surface area contributed by atoms with E-state index in [-0.39, 0.29) is 0 Å². The topological polar surface area (TPSA) is 55.6 Å². The van der Waals surface area contributed by atoms with Crippen LogP contribution >= 0.6 is 0 Å². The van der Waals surface area contributed by atoms with E-state index >= 15 is 0 Å². The number of rotatable bonds is 3. The summed E-state index contributed by atoms with van der Waals surface area (Å²) in [7, 11) is 0. The van der Waals surface area contributed by atoms with Crippen molar-refractivity contribution in [2.24, 2.45) is 0 Å². The maximum absolute atomic E-state index is 4.58. The lowest BCUT2D eigenvalue weighted by molar-refractivity contribution is 0.766. The molecule has 0 atom stereocenters. The number of aromatic nitrogens is 4. The molecule has 0 amide bonds. The van der Waals surface area contributed by atoms with Gasteiger partial charge in [0.1, 0.15) is 5.82 Å². The molecule has 0 saturated carbocycles. The predicted octanol–water partition coefficient (Wildman–Crippen LogP) is 2.41. The molecule has 3 rings (SSSR count). The van der Waals surface area contributed by atoms with Gasteiger partial charge in [-0.1, -0.05) is 12.2 Å². The molecule has 0 fully saturated rings. The van der Waals surface area contributed by atoms with Crippen LogP contribution in [-0.4, -0.2) is 25.8 Å². The SMILES string of the molecule is Cc1cc(C)n(-c2cncc(NC3CC=CC3)n2)n1. The van der Waals surface area contributed by atoms with Crippen LogP contribution in [0.5, 0.6) is 0 Å². The van der Waals surface area contributed by atoms with Gasteiger partial charge in [-0.15, -0.1) is 0 Å². The van der Waals surface area contributed by atoms with Crippen LogP contribution in [0, 0.1) is 13.8 Å². The first kappa shape index (κ1) is 11.9. The zero-order chi connectivity index (χ0) is 13.2. The van der Waals surface area contributed by atoms with E-state index < -0.39 is 0 Å². The Morgan fingerprint density at radius 2 is 2.00 bits per heavy atom. The van der Waals surface area contributed by atoms with Gasteiger partial charge in [-0.05, 0) is 32.8 Å². The van der Waals surface area contributed by atoms with Gasteiger partial charge in [0.25, 0.3) is 0 Å². The molecule has 98 valence electrons. The number of anilines is 1. The summed E-state index contributed by atoms with van der Waals surface area (Å²) >= 11 is 0. The largest absolute Gasteiger partial charge is 0.365 e. The van der Waals surface area contributed by atoms with E-state index in [0.717, 1.165) is 35.9 Å². The highest BCUT2D eigenvalue weighted by molar-refractivity contribution is 5.38. The van der Waals surface area contributed by atoms with Crippen LogP contribution < -0.4 is 5.32 Å². The van der Waals surface area contributed by atoms with Gasteiger partial charge in [-0.2, -0.15) is 5.10 Å². The summed E-state index contributed by atoms with van der Waals surface area (Å²) in [5, 5.41) is 7.83. The molecule has 0 spiro atoms. The molecule has 2 aromatic rings. The molecule has 5 nitrogen and oxygen atoms in total. The van der Waals surface area contributed by atoms with Crippen LogP contribution in [0.1, 0.15) is 24.2 Å². The number of hydrogen-bond donors (Lipinski definition) is 1. The van der Waals surface area contributed by atoms with Crippen molar-refractivity contribution in [3.8, 4) is 5.82 Å². The number of aryl methyl sites for hydroxylation is 2. The third kappa shape index (κ3) is 2.50. The molecule has 5 heteroatoms. The molecule has 0 radical (unpaired) electrons. The lowest BCUT2D eigenvalue weighted by Crippen LogP contribution is -2.17. The fourth-order valence-electron chi connectivity index (χ4n) is 2.33. The van der Waals surface area contributed by atoms with E-state index in [9.17, 15) is 0 Å². The predicted molar refractivity (Wildman–Crippen MR) is 74.4 cm³/mol. The molecule has 19 heavy (non-hydrogen) atoms. The van der Waals surface area contributed by atoms with Crippen molar-refractivity contribution in [1.29, 1.82) is 0 Å². The minimum absolute atomic E-state index is 0.435. The molecule has 2 aromatic heterocycles. The van der Waals surface area contributed by atoms with Crippen molar-refractivity contribution in [2.45, 2.75) is 32.7 Å². The minimum atomic E-state index is 0.435. The van der Waals surface area contributed by atoms with Gasteiger partial charge in [0.05, 0.1) is 18.1 Å². The van der Waals surface area contributed by atoms with E-state index in [4.69, 9.17) is 0 Å². The first-order chi connectivity index (χ1) is 9.22. The Kier molecular flexibility index (Phi) is 3.03. The van der Waals surface area contributed by atoms with Gasteiger partial charge in [-0.25, -0.2) is 9.67 Å². The van der Waals surface area contributed by atoms with Crippen molar-refractivity contribution >= 4 is 5.82 Å². The molecule has 0 unspecified atom stereocenters. The Morgan fingerprint density at radius 3 is 2.68 bits per heavy atom. The maximum atomic E-state index is 4.58. The summed E-state index contributed by atoms with van der Waals surface area (Å²) in [5.41, 5.74) is 2.05. The number of hydrogen-bond acceptors (Lipinski definition) is 4. The quantitative estimate of drug-likeness (QED) is 0.856. The van der Waals surface area contributed by atoms with Crippen LogP contribution in [-0.2, 0) is 0 Å². The van der Waals surface area contributed by atoms with E-state index in [1.165, 1.54) is 0 Å². The molecule has 0 saturated heterocycles. The van der Waals surface area contributed by atoms with Crippen molar-refractivity contribution < 1.29 is 0 Å². The summed E-state index contributed by atoms with van der Waals surface area (Å²) in [5.74, 6) is 1.56. The van der Waals surface area contributed by atoms with E-state index in [0.29, 0.717) is 6.04 Å². The zero-order valence-electron chi connectivity index (χ0n) is 11.2. The average Bonchev–Trinajstić information content (AvgIpc) is 2.99. The minimum Gasteiger partial charge on any atom is -0.365 e. The Balaban J connectivity index is 1.85. The zero-order valence-corrected chi connectivity index (χ0v) is 11.2. The van der Waals surface area contributed by atoms with E-state index in [1.807, 2.05) is 24.6 Å². The van der Waals surface area contributed by atoms with Gasteiger partial charge in [0.2, 0.25) is 0 Å². The van der Waals surface area contributed by atoms with E-state index in [2.05, 4.69) is 32.5 Å². The highest BCUT2D eigenvalue weighted by atomic mass is 15.3. The lowest BCUT2D eigenvalue weighted by atomic mass is 10.2.